The van der Waals surface area contributed by atoms with Crippen LogP contribution in [0.5, 0.6) is 0 Å². The molecule has 1 N–H and O–H groups in total. The van der Waals surface area contributed by atoms with Gasteiger partial charge in [0.15, 0.2) is 17.5 Å². The molecule has 3 rings (SSSR count). The van der Waals surface area contributed by atoms with Crippen molar-refractivity contribution in [2.45, 2.75) is 6.92 Å². The van der Waals surface area contributed by atoms with Gasteiger partial charge < -0.3 is 9.84 Å². The van der Waals surface area contributed by atoms with Crippen LogP contribution in [0, 0.1) is 18.6 Å². The first kappa shape index (κ1) is 14.8. The molecule has 0 unspecified atom stereocenters. The SMILES string of the molecule is Cc1noc(-c2ccc(C(=O)Nc3ccc(F)c(F)c3)cc2)n1. The molecule has 1 heterocycles. The molecule has 2 aromatic carbocycles. The molecule has 0 saturated carbocycles. The van der Waals surface area contributed by atoms with Gasteiger partial charge in [-0.1, -0.05) is 5.16 Å². The van der Waals surface area contributed by atoms with Gasteiger partial charge in [0, 0.05) is 22.9 Å². The second kappa shape index (κ2) is 5.96. The molecule has 0 aliphatic heterocycles. The molecule has 116 valence electrons. The number of nitrogens with zero attached hydrogens (tertiary/aromatic N) is 2. The van der Waals surface area contributed by atoms with E-state index in [2.05, 4.69) is 15.5 Å². The van der Waals surface area contributed by atoms with E-state index in [1.807, 2.05) is 0 Å². The summed E-state index contributed by atoms with van der Waals surface area (Å²) in [7, 11) is 0. The topological polar surface area (TPSA) is 68.0 Å². The fraction of sp³-hybridized carbons (Fsp3) is 0.0625. The normalized spacial score (nSPS) is 10.6. The van der Waals surface area contributed by atoms with Crippen LogP contribution >= 0.6 is 0 Å². The van der Waals surface area contributed by atoms with Crippen LogP contribution in [0.4, 0.5) is 14.5 Å². The zero-order chi connectivity index (χ0) is 16.4. The Balaban J connectivity index is 1.76. The number of hydrogen-bond acceptors (Lipinski definition) is 4. The van der Waals surface area contributed by atoms with E-state index in [1.165, 1.54) is 6.07 Å². The molecule has 3 aromatic rings. The Hall–Kier alpha value is -3.09. The van der Waals surface area contributed by atoms with Crippen molar-refractivity contribution in [2.24, 2.45) is 0 Å². The number of carbonyl (C=O) groups excluding carboxylic acids is 1. The number of aryl methyl sites for hydroxylation is 1. The molecular weight excluding hydrogens is 304 g/mol. The summed E-state index contributed by atoms with van der Waals surface area (Å²) < 4.78 is 31.0. The first-order chi connectivity index (χ1) is 11.0. The molecule has 7 heteroatoms. The number of benzene rings is 2. The van der Waals surface area contributed by atoms with E-state index in [-0.39, 0.29) is 5.69 Å². The van der Waals surface area contributed by atoms with Crippen LogP contribution in [-0.4, -0.2) is 16.0 Å². The van der Waals surface area contributed by atoms with Gasteiger partial charge in [-0.15, -0.1) is 0 Å². The fourth-order valence-corrected chi connectivity index (χ4v) is 1.96. The predicted molar refractivity (Wildman–Crippen MR) is 78.8 cm³/mol. The van der Waals surface area contributed by atoms with Crippen LogP contribution in [0.2, 0.25) is 0 Å². The van der Waals surface area contributed by atoms with Crippen molar-refractivity contribution in [3.05, 3.63) is 65.5 Å². The van der Waals surface area contributed by atoms with Crippen LogP contribution < -0.4 is 5.32 Å². The van der Waals surface area contributed by atoms with Crippen LogP contribution in [0.3, 0.4) is 0 Å². The third-order valence-corrected chi connectivity index (χ3v) is 3.10. The third-order valence-electron chi connectivity index (χ3n) is 3.10. The fourth-order valence-electron chi connectivity index (χ4n) is 1.96. The van der Waals surface area contributed by atoms with Crippen molar-refractivity contribution in [1.82, 2.24) is 10.1 Å². The lowest BCUT2D eigenvalue weighted by Crippen LogP contribution is -2.12. The zero-order valence-corrected chi connectivity index (χ0v) is 12.0. The van der Waals surface area contributed by atoms with Gasteiger partial charge in [-0.2, -0.15) is 4.98 Å². The van der Waals surface area contributed by atoms with E-state index in [0.29, 0.717) is 22.8 Å². The van der Waals surface area contributed by atoms with E-state index < -0.39 is 17.5 Å². The number of aromatic nitrogens is 2. The average Bonchev–Trinajstić information content (AvgIpc) is 2.97. The number of halogens is 2. The van der Waals surface area contributed by atoms with Gasteiger partial charge >= 0.3 is 0 Å². The largest absolute Gasteiger partial charge is 0.334 e. The highest BCUT2D eigenvalue weighted by Crippen LogP contribution is 2.19. The molecule has 0 bridgehead atoms. The van der Waals surface area contributed by atoms with E-state index >= 15 is 0 Å². The van der Waals surface area contributed by atoms with Crippen molar-refractivity contribution >= 4 is 11.6 Å². The number of hydrogen-bond donors (Lipinski definition) is 1. The molecule has 0 saturated heterocycles. The van der Waals surface area contributed by atoms with E-state index in [0.717, 1.165) is 12.1 Å². The highest BCUT2D eigenvalue weighted by molar-refractivity contribution is 6.04. The first-order valence-electron chi connectivity index (χ1n) is 6.70. The molecule has 0 aliphatic carbocycles. The summed E-state index contributed by atoms with van der Waals surface area (Å²) in [6.45, 7) is 1.71. The monoisotopic (exact) mass is 315 g/mol. The van der Waals surface area contributed by atoms with Crippen LogP contribution in [0.1, 0.15) is 16.2 Å². The Kier molecular flexibility index (Phi) is 3.84. The minimum absolute atomic E-state index is 0.172. The standard InChI is InChI=1S/C16H11F2N3O2/c1-9-19-16(23-21-9)11-4-2-10(3-5-11)15(22)20-12-6-7-13(17)14(18)8-12/h2-8H,1H3,(H,20,22). The Bertz CT molecular complexity index is 860. The zero-order valence-electron chi connectivity index (χ0n) is 12.0. The second-order valence-corrected chi connectivity index (χ2v) is 4.81. The van der Waals surface area contributed by atoms with Gasteiger partial charge in [-0.3, -0.25) is 4.79 Å². The van der Waals surface area contributed by atoms with E-state index in [9.17, 15) is 13.6 Å². The Morgan fingerprint density at radius 3 is 2.43 bits per heavy atom. The summed E-state index contributed by atoms with van der Waals surface area (Å²) in [5.74, 6) is -1.56. The summed E-state index contributed by atoms with van der Waals surface area (Å²) in [5, 5.41) is 6.18. The van der Waals surface area contributed by atoms with Crippen molar-refractivity contribution < 1.29 is 18.1 Å². The molecule has 0 atom stereocenters. The highest BCUT2D eigenvalue weighted by atomic mass is 19.2. The lowest BCUT2D eigenvalue weighted by atomic mass is 10.1. The quantitative estimate of drug-likeness (QED) is 0.802. The molecule has 1 amide bonds. The predicted octanol–water partition coefficient (Wildman–Crippen LogP) is 3.58. The maximum absolute atomic E-state index is 13.1. The van der Waals surface area contributed by atoms with Crippen LogP contribution in [-0.2, 0) is 0 Å². The van der Waals surface area contributed by atoms with Crippen LogP contribution in [0.25, 0.3) is 11.5 Å². The number of anilines is 1. The lowest BCUT2D eigenvalue weighted by molar-refractivity contribution is 0.102. The molecule has 0 radical (unpaired) electrons. The van der Waals surface area contributed by atoms with Gasteiger partial charge in [0.2, 0.25) is 0 Å². The first-order valence-corrected chi connectivity index (χ1v) is 6.70. The summed E-state index contributed by atoms with van der Waals surface area (Å²) in [6, 6.07) is 9.62. The van der Waals surface area contributed by atoms with Crippen molar-refractivity contribution in [2.75, 3.05) is 5.32 Å². The molecular formula is C16H11F2N3O2. The Morgan fingerprint density at radius 1 is 1.09 bits per heavy atom. The van der Waals surface area contributed by atoms with Crippen molar-refractivity contribution in [3.63, 3.8) is 0 Å². The molecule has 0 fully saturated rings. The third kappa shape index (κ3) is 3.23. The Labute approximate surface area is 130 Å². The molecule has 1 aromatic heterocycles. The average molecular weight is 315 g/mol. The van der Waals surface area contributed by atoms with Gasteiger partial charge in [0.1, 0.15) is 0 Å². The van der Waals surface area contributed by atoms with E-state index in [1.54, 1.807) is 31.2 Å². The van der Waals surface area contributed by atoms with Gasteiger partial charge in [0.05, 0.1) is 0 Å². The summed E-state index contributed by atoms with van der Waals surface area (Å²) in [4.78, 5) is 16.2. The maximum atomic E-state index is 13.1. The summed E-state index contributed by atoms with van der Waals surface area (Å²) in [5.41, 5.74) is 1.20. The van der Waals surface area contributed by atoms with Gasteiger partial charge in [-0.25, -0.2) is 8.78 Å². The molecule has 5 nitrogen and oxygen atoms in total. The number of nitrogens with one attached hydrogen (secondary N) is 1. The molecule has 23 heavy (non-hydrogen) atoms. The number of rotatable bonds is 3. The smallest absolute Gasteiger partial charge is 0.257 e. The van der Waals surface area contributed by atoms with Crippen LogP contribution in [0.15, 0.2) is 47.0 Å². The molecule has 0 spiro atoms. The number of carbonyl (C=O) groups is 1. The van der Waals surface area contributed by atoms with Crippen molar-refractivity contribution in [3.8, 4) is 11.5 Å². The molecule has 0 aliphatic rings. The van der Waals surface area contributed by atoms with Gasteiger partial charge in [-0.05, 0) is 43.3 Å². The maximum Gasteiger partial charge on any atom is 0.257 e. The number of amides is 1. The van der Waals surface area contributed by atoms with Crippen molar-refractivity contribution in [1.29, 1.82) is 0 Å². The Morgan fingerprint density at radius 2 is 1.83 bits per heavy atom. The van der Waals surface area contributed by atoms with Gasteiger partial charge in [0.25, 0.3) is 11.8 Å². The lowest BCUT2D eigenvalue weighted by Gasteiger charge is -2.06. The minimum Gasteiger partial charge on any atom is -0.334 e. The summed E-state index contributed by atoms with van der Waals surface area (Å²) >= 11 is 0. The summed E-state index contributed by atoms with van der Waals surface area (Å²) in [6.07, 6.45) is 0. The minimum atomic E-state index is -1.02. The van der Waals surface area contributed by atoms with E-state index in [4.69, 9.17) is 4.52 Å². The highest BCUT2D eigenvalue weighted by Gasteiger charge is 2.10. The second-order valence-electron chi connectivity index (χ2n) is 4.81.